The molecule has 22 heavy (non-hydrogen) atoms. The van der Waals surface area contributed by atoms with E-state index in [1.165, 1.54) is 4.90 Å². The third-order valence-electron chi connectivity index (χ3n) is 3.33. The maximum Gasteiger partial charge on any atom is 0.246 e. The molecule has 0 aliphatic carbocycles. The second-order valence-electron chi connectivity index (χ2n) is 5.08. The van der Waals surface area contributed by atoms with Crippen molar-refractivity contribution in [1.29, 1.82) is 0 Å². The molecule has 0 aliphatic heterocycles. The lowest BCUT2D eigenvalue weighted by molar-refractivity contribution is -0.123. The Balaban J connectivity index is 2.16. The molecule has 0 unspecified atom stereocenters. The Labute approximate surface area is 128 Å². The van der Waals surface area contributed by atoms with Crippen LogP contribution in [0.25, 0.3) is 22.9 Å². The topological polar surface area (TPSA) is 51.0 Å². The number of fused-ring (bicyclic) bond motifs is 1. The summed E-state index contributed by atoms with van der Waals surface area (Å²) in [6, 6.07) is 11.8. The number of hydrogen-bond acceptors (Lipinski definition) is 3. The monoisotopic (exact) mass is 292 g/mol. The number of amides is 1. The number of rotatable bonds is 3. The first-order valence-corrected chi connectivity index (χ1v) is 6.94. The quantitative estimate of drug-likeness (QED) is 0.697. The normalized spacial score (nSPS) is 11.2. The molecule has 0 N–H and O–H groups in total. The predicted octanol–water partition coefficient (Wildman–Crippen LogP) is 2.52. The Morgan fingerprint density at radius 1 is 1.14 bits per heavy atom. The summed E-state index contributed by atoms with van der Waals surface area (Å²) < 4.78 is 1.94. The molecule has 0 spiro atoms. The Morgan fingerprint density at radius 2 is 1.86 bits per heavy atom. The Bertz CT molecular complexity index is 834. The van der Waals surface area contributed by atoms with Crippen LogP contribution in [0.3, 0.4) is 0 Å². The van der Waals surface area contributed by atoms with Crippen LogP contribution in [-0.2, 0) is 4.79 Å². The molecule has 0 saturated heterocycles. The highest BCUT2D eigenvalue weighted by molar-refractivity contribution is 5.93. The van der Waals surface area contributed by atoms with Gasteiger partial charge in [0.2, 0.25) is 11.9 Å². The first-order chi connectivity index (χ1) is 10.7. The summed E-state index contributed by atoms with van der Waals surface area (Å²) in [7, 11) is 3.45. The van der Waals surface area contributed by atoms with Crippen molar-refractivity contribution < 1.29 is 4.79 Å². The van der Waals surface area contributed by atoms with E-state index in [4.69, 9.17) is 0 Å². The highest BCUT2D eigenvalue weighted by Crippen LogP contribution is 2.23. The highest BCUT2D eigenvalue weighted by Gasteiger charge is 2.10. The van der Waals surface area contributed by atoms with Gasteiger partial charge in [0.1, 0.15) is 0 Å². The third-order valence-corrected chi connectivity index (χ3v) is 3.33. The van der Waals surface area contributed by atoms with Crippen LogP contribution in [0.15, 0.2) is 54.9 Å². The number of likely N-dealkylation sites (N-methyl/N-ethyl adjacent to an activating group) is 1. The van der Waals surface area contributed by atoms with E-state index in [0.717, 1.165) is 16.6 Å². The average molecular weight is 292 g/mol. The van der Waals surface area contributed by atoms with Gasteiger partial charge in [0.05, 0.1) is 5.52 Å². The van der Waals surface area contributed by atoms with Gasteiger partial charge in [-0.05, 0) is 24.3 Å². The second kappa shape index (κ2) is 5.81. The van der Waals surface area contributed by atoms with Crippen LogP contribution in [0.2, 0.25) is 0 Å². The molecule has 0 saturated carbocycles. The summed E-state index contributed by atoms with van der Waals surface area (Å²) in [5, 5.41) is 1.08. The molecular formula is C17H16N4O. The number of para-hydroxylation sites is 1. The first kappa shape index (κ1) is 14.0. The minimum Gasteiger partial charge on any atom is -0.345 e. The molecule has 0 atom stereocenters. The lowest BCUT2D eigenvalue weighted by Crippen LogP contribution is -2.18. The van der Waals surface area contributed by atoms with E-state index in [1.807, 2.05) is 34.9 Å². The van der Waals surface area contributed by atoms with E-state index in [0.29, 0.717) is 5.95 Å². The van der Waals surface area contributed by atoms with Crippen molar-refractivity contribution in [1.82, 2.24) is 19.4 Å². The number of carbonyl (C=O) groups excluding carboxylic acids is 1. The van der Waals surface area contributed by atoms with Gasteiger partial charge in [-0.1, -0.05) is 18.2 Å². The molecule has 0 bridgehead atoms. The molecule has 1 amide bonds. The summed E-state index contributed by atoms with van der Waals surface area (Å²) in [6.07, 6.45) is 6.75. The van der Waals surface area contributed by atoms with E-state index < -0.39 is 0 Å². The largest absolute Gasteiger partial charge is 0.345 e. The van der Waals surface area contributed by atoms with Crippen LogP contribution in [0.4, 0.5) is 0 Å². The average Bonchev–Trinajstić information content (AvgIpc) is 2.91. The van der Waals surface area contributed by atoms with Crippen LogP contribution < -0.4 is 0 Å². The van der Waals surface area contributed by atoms with E-state index >= 15 is 0 Å². The molecule has 2 heterocycles. The highest BCUT2D eigenvalue weighted by atomic mass is 16.2. The minimum absolute atomic E-state index is 0.0641. The maximum atomic E-state index is 11.8. The molecule has 0 radical (unpaired) electrons. The summed E-state index contributed by atoms with van der Waals surface area (Å²) in [4.78, 5) is 21.9. The molecule has 0 aliphatic rings. The number of benzene rings is 1. The molecule has 2 aromatic heterocycles. The fourth-order valence-corrected chi connectivity index (χ4v) is 2.23. The summed E-state index contributed by atoms with van der Waals surface area (Å²) in [6.45, 7) is 0. The van der Waals surface area contributed by atoms with Gasteiger partial charge in [-0.15, -0.1) is 0 Å². The number of nitrogens with zero attached hydrogens (tertiary/aromatic N) is 4. The van der Waals surface area contributed by atoms with Crippen molar-refractivity contribution in [3.63, 3.8) is 0 Å². The number of carbonyl (C=O) groups is 1. The first-order valence-electron chi connectivity index (χ1n) is 6.94. The van der Waals surface area contributed by atoms with Crippen molar-refractivity contribution in [2.24, 2.45) is 0 Å². The molecule has 110 valence electrons. The van der Waals surface area contributed by atoms with Gasteiger partial charge in [0, 0.05) is 43.6 Å². The molecule has 3 aromatic rings. The van der Waals surface area contributed by atoms with Crippen molar-refractivity contribution in [2.75, 3.05) is 14.1 Å². The van der Waals surface area contributed by atoms with Gasteiger partial charge >= 0.3 is 0 Å². The van der Waals surface area contributed by atoms with Crippen molar-refractivity contribution >= 4 is 22.9 Å². The standard InChI is InChI=1S/C17H16N4O/c1-20(2)16(22)9-8-14-12-13-6-3-4-7-15(13)21(14)17-18-10-5-11-19-17/h3-12H,1-2H3/b9-8+. The Hall–Kier alpha value is -2.95. The zero-order valence-electron chi connectivity index (χ0n) is 12.5. The van der Waals surface area contributed by atoms with Crippen LogP contribution in [0.5, 0.6) is 0 Å². The Morgan fingerprint density at radius 3 is 2.59 bits per heavy atom. The zero-order valence-corrected chi connectivity index (χ0v) is 12.5. The predicted molar refractivity (Wildman–Crippen MR) is 86.6 cm³/mol. The second-order valence-corrected chi connectivity index (χ2v) is 5.08. The molecule has 5 heteroatoms. The van der Waals surface area contributed by atoms with Crippen LogP contribution in [0, 0.1) is 0 Å². The lowest BCUT2D eigenvalue weighted by atomic mass is 10.2. The number of hydrogen-bond donors (Lipinski definition) is 0. The fraction of sp³-hybridized carbons (Fsp3) is 0.118. The molecular weight excluding hydrogens is 276 g/mol. The van der Waals surface area contributed by atoms with Gasteiger partial charge in [0.25, 0.3) is 0 Å². The maximum absolute atomic E-state index is 11.8. The van der Waals surface area contributed by atoms with Crippen LogP contribution in [-0.4, -0.2) is 39.4 Å². The summed E-state index contributed by atoms with van der Waals surface area (Å²) in [5.74, 6) is 0.520. The van der Waals surface area contributed by atoms with Gasteiger partial charge in [-0.3, -0.25) is 9.36 Å². The van der Waals surface area contributed by atoms with E-state index in [1.54, 1.807) is 44.7 Å². The van der Waals surface area contributed by atoms with Crippen molar-refractivity contribution in [3.8, 4) is 5.95 Å². The van der Waals surface area contributed by atoms with Gasteiger partial charge < -0.3 is 4.90 Å². The number of aromatic nitrogens is 3. The van der Waals surface area contributed by atoms with Crippen LogP contribution >= 0.6 is 0 Å². The van der Waals surface area contributed by atoms with Crippen molar-refractivity contribution in [3.05, 3.63) is 60.6 Å². The molecule has 3 rings (SSSR count). The van der Waals surface area contributed by atoms with Crippen LogP contribution in [0.1, 0.15) is 5.69 Å². The van der Waals surface area contributed by atoms with E-state index in [2.05, 4.69) is 9.97 Å². The van der Waals surface area contributed by atoms with Gasteiger partial charge in [-0.2, -0.15) is 0 Å². The molecule has 5 nitrogen and oxygen atoms in total. The van der Waals surface area contributed by atoms with E-state index in [9.17, 15) is 4.79 Å². The minimum atomic E-state index is -0.0641. The fourth-order valence-electron chi connectivity index (χ4n) is 2.23. The Kier molecular flexibility index (Phi) is 3.70. The third kappa shape index (κ3) is 2.61. The zero-order chi connectivity index (χ0) is 15.5. The summed E-state index contributed by atoms with van der Waals surface area (Å²) in [5.41, 5.74) is 1.87. The van der Waals surface area contributed by atoms with E-state index in [-0.39, 0.29) is 5.91 Å². The molecule has 0 fully saturated rings. The summed E-state index contributed by atoms with van der Waals surface area (Å²) >= 11 is 0. The smallest absolute Gasteiger partial charge is 0.246 e. The lowest BCUT2D eigenvalue weighted by Gasteiger charge is -2.07. The SMILES string of the molecule is CN(C)C(=O)/C=C/c1cc2ccccc2n1-c1ncccn1. The van der Waals surface area contributed by atoms with Crippen molar-refractivity contribution in [2.45, 2.75) is 0 Å². The molecule has 1 aromatic carbocycles. The van der Waals surface area contributed by atoms with Gasteiger partial charge in [0.15, 0.2) is 0 Å². The van der Waals surface area contributed by atoms with Gasteiger partial charge in [-0.25, -0.2) is 9.97 Å².